The number of hydrogen-bond acceptors (Lipinski definition) is 3. The fourth-order valence-electron chi connectivity index (χ4n) is 2.59. The lowest BCUT2D eigenvalue weighted by molar-refractivity contribution is -0.0910. The van der Waals surface area contributed by atoms with Gasteiger partial charge in [-0.05, 0) is 24.8 Å². The molecule has 0 bridgehead atoms. The van der Waals surface area contributed by atoms with Crippen molar-refractivity contribution >= 4 is 16.9 Å². The number of aliphatic imine (C=N–C) groups is 1. The zero-order valence-corrected chi connectivity index (χ0v) is 11.9. The van der Waals surface area contributed by atoms with Crippen LogP contribution in [-0.2, 0) is 11.3 Å². The monoisotopic (exact) mass is 276 g/mol. The number of nitrogens with zero attached hydrogens (tertiary/aromatic N) is 1. The Hall–Kier alpha value is -1.00. The molecule has 3 rings (SSSR count). The molecule has 0 saturated carbocycles. The van der Waals surface area contributed by atoms with E-state index >= 15 is 0 Å². The fraction of sp³-hybridized carbons (Fsp3) is 0.533. The third-order valence-corrected chi connectivity index (χ3v) is 4.59. The van der Waals surface area contributed by atoms with Crippen molar-refractivity contribution in [2.45, 2.75) is 38.0 Å². The predicted molar refractivity (Wildman–Crippen MR) is 80.3 cm³/mol. The molecule has 2 fully saturated rings. The molecule has 2 saturated heterocycles. The first-order valence-electron chi connectivity index (χ1n) is 7.00. The number of nitrogens with one attached hydrogen (secondary N) is 1. The van der Waals surface area contributed by atoms with Crippen molar-refractivity contribution < 1.29 is 4.74 Å². The Kier molecular flexibility index (Phi) is 4.09. The van der Waals surface area contributed by atoms with Crippen molar-refractivity contribution in [3.8, 4) is 0 Å². The van der Waals surface area contributed by atoms with Crippen LogP contribution in [0.3, 0.4) is 0 Å². The highest BCUT2D eigenvalue weighted by Gasteiger charge is 2.36. The third-order valence-electron chi connectivity index (χ3n) is 3.68. The first-order chi connectivity index (χ1) is 9.36. The third kappa shape index (κ3) is 3.31. The van der Waals surface area contributed by atoms with E-state index < -0.39 is 0 Å². The van der Waals surface area contributed by atoms with Gasteiger partial charge in [0.15, 0.2) is 5.17 Å². The summed E-state index contributed by atoms with van der Waals surface area (Å²) in [5, 5.41) is 4.57. The molecule has 2 aliphatic rings. The van der Waals surface area contributed by atoms with Crippen molar-refractivity contribution in [1.29, 1.82) is 0 Å². The van der Waals surface area contributed by atoms with Crippen LogP contribution in [0, 0.1) is 0 Å². The maximum atomic E-state index is 5.98. The van der Waals surface area contributed by atoms with Gasteiger partial charge < -0.3 is 10.1 Å². The van der Waals surface area contributed by atoms with Gasteiger partial charge in [0.1, 0.15) is 5.72 Å². The van der Waals surface area contributed by atoms with Gasteiger partial charge in [0.2, 0.25) is 0 Å². The molecule has 2 aliphatic heterocycles. The maximum absolute atomic E-state index is 5.98. The van der Waals surface area contributed by atoms with Crippen LogP contribution in [0.2, 0.25) is 0 Å². The van der Waals surface area contributed by atoms with Gasteiger partial charge in [-0.2, -0.15) is 0 Å². The second-order valence-electron chi connectivity index (χ2n) is 5.13. The standard InChI is InChI=1S/C15H20N2OS/c1-2-6-13(7-3-1)12-16-14-17-15(9-11-19-14)8-4-5-10-18-15/h1-3,6-7H,4-5,8-12H2,(H,16,17)/t15-/m0/s1. The molecule has 2 heterocycles. The molecular formula is C15H20N2OS. The fourth-order valence-corrected chi connectivity index (χ4v) is 3.62. The number of benzene rings is 1. The minimum absolute atomic E-state index is 0.126. The second kappa shape index (κ2) is 5.97. The van der Waals surface area contributed by atoms with E-state index in [0.29, 0.717) is 0 Å². The van der Waals surface area contributed by atoms with Gasteiger partial charge in [0.05, 0.1) is 6.54 Å². The molecule has 1 atom stereocenters. The largest absolute Gasteiger partial charge is 0.356 e. The lowest BCUT2D eigenvalue weighted by Crippen LogP contribution is -2.54. The first-order valence-corrected chi connectivity index (χ1v) is 7.98. The quantitative estimate of drug-likeness (QED) is 0.901. The Bertz CT molecular complexity index is 435. The summed E-state index contributed by atoms with van der Waals surface area (Å²) in [5.74, 6) is 1.10. The Morgan fingerprint density at radius 1 is 1.21 bits per heavy atom. The summed E-state index contributed by atoms with van der Waals surface area (Å²) in [7, 11) is 0. The molecule has 0 amide bonds. The number of amidine groups is 1. The zero-order valence-electron chi connectivity index (χ0n) is 11.1. The van der Waals surface area contributed by atoms with Crippen LogP contribution < -0.4 is 5.32 Å². The molecule has 1 spiro atoms. The maximum Gasteiger partial charge on any atom is 0.159 e. The number of hydrogen-bond donors (Lipinski definition) is 1. The average molecular weight is 276 g/mol. The highest BCUT2D eigenvalue weighted by Crippen LogP contribution is 2.31. The molecule has 0 aliphatic carbocycles. The van der Waals surface area contributed by atoms with Gasteiger partial charge in [-0.1, -0.05) is 42.1 Å². The summed E-state index contributed by atoms with van der Waals surface area (Å²) in [6.07, 6.45) is 4.64. The molecular weight excluding hydrogens is 256 g/mol. The van der Waals surface area contributed by atoms with Gasteiger partial charge in [-0.3, -0.25) is 4.99 Å². The van der Waals surface area contributed by atoms with E-state index in [4.69, 9.17) is 9.73 Å². The van der Waals surface area contributed by atoms with E-state index in [-0.39, 0.29) is 5.72 Å². The summed E-state index contributed by atoms with van der Waals surface area (Å²) in [5.41, 5.74) is 1.13. The van der Waals surface area contributed by atoms with Crippen molar-refractivity contribution in [3.63, 3.8) is 0 Å². The summed E-state index contributed by atoms with van der Waals surface area (Å²) in [6.45, 7) is 1.62. The van der Waals surface area contributed by atoms with Crippen LogP contribution in [0.4, 0.5) is 0 Å². The van der Waals surface area contributed by atoms with E-state index in [1.54, 1.807) is 0 Å². The van der Waals surface area contributed by atoms with Crippen LogP contribution in [-0.4, -0.2) is 23.3 Å². The van der Waals surface area contributed by atoms with Crippen LogP contribution in [0.5, 0.6) is 0 Å². The number of rotatable bonds is 2. The minimum Gasteiger partial charge on any atom is -0.356 e. The molecule has 0 radical (unpaired) electrons. The highest BCUT2D eigenvalue weighted by atomic mass is 32.2. The van der Waals surface area contributed by atoms with Crippen LogP contribution in [0.25, 0.3) is 0 Å². The smallest absolute Gasteiger partial charge is 0.159 e. The molecule has 1 N–H and O–H groups in total. The van der Waals surface area contributed by atoms with Crippen molar-refractivity contribution in [2.24, 2.45) is 4.99 Å². The van der Waals surface area contributed by atoms with Gasteiger partial charge in [0, 0.05) is 18.8 Å². The molecule has 1 aromatic rings. The number of ether oxygens (including phenoxy) is 1. The summed E-state index contributed by atoms with van der Waals surface area (Å²) in [4.78, 5) is 4.69. The number of thioether (sulfide) groups is 1. The van der Waals surface area contributed by atoms with E-state index in [1.165, 1.54) is 18.4 Å². The molecule has 4 heteroatoms. The average Bonchev–Trinajstić information content (AvgIpc) is 2.47. The Balaban J connectivity index is 1.64. The lowest BCUT2D eigenvalue weighted by Gasteiger charge is -2.41. The molecule has 0 aromatic heterocycles. The normalized spacial score (nSPS) is 29.4. The summed E-state index contributed by atoms with van der Waals surface area (Å²) in [6, 6.07) is 10.4. The van der Waals surface area contributed by atoms with Crippen LogP contribution in [0.1, 0.15) is 31.2 Å². The van der Waals surface area contributed by atoms with Gasteiger partial charge >= 0.3 is 0 Å². The minimum atomic E-state index is -0.126. The molecule has 19 heavy (non-hydrogen) atoms. The topological polar surface area (TPSA) is 33.6 Å². The van der Waals surface area contributed by atoms with Crippen molar-refractivity contribution in [2.75, 3.05) is 12.4 Å². The van der Waals surface area contributed by atoms with Gasteiger partial charge in [-0.25, -0.2) is 0 Å². The molecule has 3 nitrogen and oxygen atoms in total. The summed E-state index contributed by atoms with van der Waals surface area (Å²) < 4.78 is 5.98. The summed E-state index contributed by atoms with van der Waals surface area (Å²) >= 11 is 1.81. The van der Waals surface area contributed by atoms with E-state index in [1.807, 2.05) is 17.8 Å². The van der Waals surface area contributed by atoms with E-state index in [0.717, 1.165) is 36.9 Å². The molecule has 1 aromatic carbocycles. The van der Waals surface area contributed by atoms with Crippen molar-refractivity contribution in [3.05, 3.63) is 35.9 Å². The Labute approximate surface area is 118 Å². The molecule has 102 valence electrons. The first kappa shape index (κ1) is 13.0. The zero-order chi connectivity index (χ0) is 13.0. The Morgan fingerprint density at radius 2 is 2.11 bits per heavy atom. The Morgan fingerprint density at radius 3 is 2.89 bits per heavy atom. The van der Waals surface area contributed by atoms with Gasteiger partial charge in [-0.15, -0.1) is 0 Å². The highest BCUT2D eigenvalue weighted by molar-refractivity contribution is 8.13. The van der Waals surface area contributed by atoms with Crippen LogP contribution >= 0.6 is 11.8 Å². The van der Waals surface area contributed by atoms with E-state index in [9.17, 15) is 0 Å². The van der Waals surface area contributed by atoms with Crippen LogP contribution in [0.15, 0.2) is 35.3 Å². The van der Waals surface area contributed by atoms with Crippen molar-refractivity contribution in [1.82, 2.24) is 5.32 Å². The van der Waals surface area contributed by atoms with E-state index in [2.05, 4.69) is 29.6 Å². The SMILES string of the molecule is c1ccc(CN=C2N[C@]3(CCCCO3)CCS2)cc1. The lowest BCUT2D eigenvalue weighted by atomic mass is 10.00. The molecule has 0 unspecified atom stereocenters. The van der Waals surface area contributed by atoms with Gasteiger partial charge in [0.25, 0.3) is 0 Å². The predicted octanol–water partition coefficient (Wildman–Crippen LogP) is 3.17. The second-order valence-corrected chi connectivity index (χ2v) is 6.21.